The Balaban J connectivity index is 2.51. The molecule has 0 saturated carbocycles. The Labute approximate surface area is 102 Å². The van der Waals surface area contributed by atoms with Crippen LogP contribution >= 0.6 is 0 Å². The number of aliphatic hydroxyl groups is 1. The van der Waals surface area contributed by atoms with Crippen LogP contribution in [0.1, 0.15) is 6.92 Å². The summed E-state index contributed by atoms with van der Waals surface area (Å²) in [5, 5.41) is 12.0. The van der Waals surface area contributed by atoms with Gasteiger partial charge in [-0.3, -0.25) is 14.5 Å². The summed E-state index contributed by atoms with van der Waals surface area (Å²) in [6.45, 7) is 3.07. The van der Waals surface area contributed by atoms with Crippen LogP contribution in [0.15, 0.2) is 0 Å². The third-order valence-corrected chi connectivity index (χ3v) is 3.00. The number of hydrogen-bond donors (Lipinski definition) is 2. The molecular weight excluding hydrogens is 222 g/mol. The van der Waals surface area contributed by atoms with Gasteiger partial charge in [-0.05, 0) is 0 Å². The van der Waals surface area contributed by atoms with Crippen molar-refractivity contribution in [3.8, 4) is 0 Å². The first kappa shape index (κ1) is 13.9. The van der Waals surface area contributed by atoms with Crippen LogP contribution in [-0.2, 0) is 9.59 Å². The number of likely N-dealkylation sites (tertiary alicyclic amines) is 1. The van der Waals surface area contributed by atoms with Crippen LogP contribution in [0, 0.1) is 5.92 Å². The number of hydrogen-bond acceptors (Lipinski definition) is 4. The van der Waals surface area contributed by atoms with Gasteiger partial charge in [-0.25, -0.2) is 0 Å². The third kappa shape index (κ3) is 3.98. The fourth-order valence-corrected chi connectivity index (χ4v) is 2.03. The molecule has 2 atom stereocenters. The van der Waals surface area contributed by atoms with Crippen molar-refractivity contribution in [1.82, 2.24) is 15.1 Å². The number of nitrogens with one attached hydrogen (secondary N) is 1. The second-order valence-electron chi connectivity index (χ2n) is 4.73. The van der Waals surface area contributed by atoms with Crippen molar-refractivity contribution >= 4 is 11.8 Å². The maximum atomic E-state index is 11.6. The topological polar surface area (TPSA) is 72.9 Å². The highest BCUT2D eigenvalue weighted by molar-refractivity contribution is 5.77. The van der Waals surface area contributed by atoms with Crippen LogP contribution in [-0.4, -0.2) is 73.1 Å². The van der Waals surface area contributed by atoms with Crippen LogP contribution < -0.4 is 5.32 Å². The first-order valence-corrected chi connectivity index (χ1v) is 5.74. The Kier molecular flexibility index (Phi) is 4.89. The lowest BCUT2D eigenvalue weighted by molar-refractivity contribution is -0.129. The molecule has 2 amide bonds. The van der Waals surface area contributed by atoms with Gasteiger partial charge in [0.1, 0.15) is 0 Å². The summed E-state index contributed by atoms with van der Waals surface area (Å²) >= 11 is 0. The zero-order valence-corrected chi connectivity index (χ0v) is 10.6. The molecule has 0 aromatic heterocycles. The van der Waals surface area contributed by atoms with Gasteiger partial charge in [0.15, 0.2) is 0 Å². The van der Waals surface area contributed by atoms with E-state index in [9.17, 15) is 14.7 Å². The van der Waals surface area contributed by atoms with Crippen LogP contribution in [0.2, 0.25) is 0 Å². The van der Waals surface area contributed by atoms with Gasteiger partial charge < -0.3 is 15.3 Å². The molecule has 1 fully saturated rings. The molecule has 0 aromatic rings. The van der Waals surface area contributed by atoms with Crippen molar-refractivity contribution < 1.29 is 14.7 Å². The number of nitrogens with zero attached hydrogens (tertiary/aromatic N) is 2. The predicted octanol–water partition coefficient (Wildman–Crippen LogP) is -1.50. The van der Waals surface area contributed by atoms with E-state index < -0.39 is 0 Å². The average Bonchev–Trinajstić information content (AvgIpc) is 2.59. The van der Waals surface area contributed by atoms with E-state index >= 15 is 0 Å². The standard InChI is InChI=1S/C11H21N3O3/c1-8(16)12-10-5-14(4-9(10)7-15)6-11(17)13(2)3/h9-10,15H,4-7H2,1-3H3,(H,12,16)/t9-,10-/m1/s1. The molecule has 1 saturated heterocycles. The van der Waals surface area contributed by atoms with Gasteiger partial charge in [0.05, 0.1) is 6.54 Å². The van der Waals surface area contributed by atoms with E-state index in [1.165, 1.54) is 6.92 Å². The van der Waals surface area contributed by atoms with Crippen molar-refractivity contribution in [2.24, 2.45) is 5.92 Å². The van der Waals surface area contributed by atoms with E-state index in [1.807, 2.05) is 4.90 Å². The quantitative estimate of drug-likeness (QED) is 0.630. The monoisotopic (exact) mass is 243 g/mol. The van der Waals surface area contributed by atoms with Crippen molar-refractivity contribution in [2.75, 3.05) is 40.3 Å². The number of carbonyl (C=O) groups excluding carboxylic acids is 2. The summed E-state index contributed by atoms with van der Waals surface area (Å²) in [4.78, 5) is 26.1. The minimum absolute atomic E-state index is 0.00821. The smallest absolute Gasteiger partial charge is 0.236 e. The molecule has 1 aliphatic rings. The highest BCUT2D eigenvalue weighted by atomic mass is 16.3. The highest BCUT2D eigenvalue weighted by Crippen LogP contribution is 2.16. The van der Waals surface area contributed by atoms with Gasteiger partial charge in [0.2, 0.25) is 11.8 Å². The van der Waals surface area contributed by atoms with E-state index in [0.29, 0.717) is 19.6 Å². The molecular formula is C11H21N3O3. The van der Waals surface area contributed by atoms with Crippen LogP contribution in [0.3, 0.4) is 0 Å². The zero-order chi connectivity index (χ0) is 13.0. The molecule has 0 spiro atoms. The lowest BCUT2D eigenvalue weighted by Crippen LogP contribution is -2.41. The number of aliphatic hydroxyl groups excluding tert-OH is 1. The minimum atomic E-state index is -0.103. The maximum absolute atomic E-state index is 11.6. The van der Waals surface area contributed by atoms with Gasteiger partial charge in [0.25, 0.3) is 0 Å². The fraction of sp³-hybridized carbons (Fsp3) is 0.818. The summed E-state index contributed by atoms with van der Waals surface area (Å²) in [6.07, 6.45) is 0. The molecule has 1 aliphatic heterocycles. The average molecular weight is 243 g/mol. The third-order valence-electron chi connectivity index (χ3n) is 3.00. The zero-order valence-electron chi connectivity index (χ0n) is 10.6. The summed E-state index contributed by atoms with van der Waals surface area (Å²) in [5.41, 5.74) is 0. The Hall–Kier alpha value is -1.14. The van der Waals surface area contributed by atoms with Crippen molar-refractivity contribution in [3.63, 3.8) is 0 Å². The molecule has 6 nitrogen and oxygen atoms in total. The Bertz CT molecular complexity index is 294. The Morgan fingerprint density at radius 1 is 1.41 bits per heavy atom. The normalized spacial score (nSPS) is 24.7. The lowest BCUT2D eigenvalue weighted by atomic mass is 10.1. The molecule has 0 radical (unpaired) electrons. The molecule has 98 valence electrons. The van der Waals surface area contributed by atoms with Crippen LogP contribution in [0.25, 0.3) is 0 Å². The first-order chi connectivity index (χ1) is 7.93. The number of amides is 2. The van der Waals surface area contributed by atoms with E-state index in [1.54, 1.807) is 19.0 Å². The van der Waals surface area contributed by atoms with E-state index in [-0.39, 0.29) is 30.4 Å². The van der Waals surface area contributed by atoms with Gasteiger partial charge in [-0.2, -0.15) is 0 Å². The molecule has 2 N–H and O–H groups in total. The van der Waals surface area contributed by atoms with Crippen LogP contribution in [0.5, 0.6) is 0 Å². The SMILES string of the molecule is CC(=O)N[C@@H]1CN(CC(=O)N(C)C)C[C@@H]1CO. The largest absolute Gasteiger partial charge is 0.396 e. The number of rotatable bonds is 4. The minimum Gasteiger partial charge on any atom is -0.396 e. The Morgan fingerprint density at radius 3 is 2.53 bits per heavy atom. The fourth-order valence-electron chi connectivity index (χ4n) is 2.03. The molecule has 1 heterocycles. The Morgan fingerprint density at radius 2 is 2.06 bits per heavy atom. The summed E-state index contributed by atoms with van der Waals surface area (Å²) in [7, 11) is 3.43. The second-order valence-corrected chi connectivity index (χ2v) is 4.73. The lowest BCUT2D eigenvalue weighted by Gasteiger charge is -2.18. The molecule has 0 aliphatic carbocycles. The van der Waals surface area contributed by atoms with Gasteiger partial charge >= 0.3 is 0 Å². The number of carbonyl (C=O) groups is 2. The summed E-state index contributed by atoms with van der Waals surface area (Å²) < 4.78 is 0. The highest BCUT2D eigenvalue weighted by Gasteiger charge is 2.33. The van der Waals surface area contributed by atoms with Gasteiger partial charge in [-0.15, -0.1) is 0 Å². The van der Waals surface area contributed by atoms with Crippen molar-refractivity contribution in [2.45, 2.75) is 13.0 Å². The van der Waals surface area contributed by atoms with E-state index in [4.69, 9.17) is 0 Å². The molecule has 17 heavy (non-hydrogen) atoms. The molecule has 0 unspecified atom stereocenters. The summed E-state index contributed by atoms with van der Waals surface area (Å²) in [5.74, 6) is -0.0618. The molecule has 0 bridgehead atoms. The van der Waals surface area contributed by atoms with Crippen molar-refractivity contribution in [1.29, 1.82) is 0 Å². The maximum Gasteiger partial charge on any atom is 0.236 e. The van der Waals surface area contributed by atoms with E-state index in [2.05, 4.69) is 5.32 Å². The molecule has 1 rings (SSSR count). The molecule has 0 aromatic carbocycles. The van der Waals surface area contributed by atoms with Gasteiger partial charge in [-0.1, -0.05) is 0 Å². The predicted molar refractivity (Wildman–Crippen MR) is 63.3 cm³/mol. The van der Waals surface area contributed by atoms with Gasteiger partial charge in [0, 0.05) is 52.7 Å². The number of likely N-dealkylation sites (N-methyl/N-ethyl adjacent to an activating group) is 1. The molecule has 6 heteroatoms. The summed E-state index contributed by atoms with van der Waals surface area (Å²) in [6, 6.07) is -0.0625. The first-order valence-electron chi connectivity index (χ1n) is 5.74. The van der Waals surface area contributed by atoms with E-state index in [0.717, 1.165) is 0 Å². The van der Waals surface area contributed by atoms with Crippen LogP contribution in [0.4, 0.5) is 0 Å². The van der Waals surface area contributed by atoms with Crippen molar-refractivity contribution in [3.05, 3.63) is 0 Å². The second kappa shape index (κ2) is 5.97.